The molecule has 3 aliphatic rings. The maximum Gasteiger partial charge on any atom is 0.0582 e. The fourth-order valence-corrected chi connectivity index (χ4v) is 6.90. The Labute approximate surface area is 238 Å². The Hall–Kier alpha value is -4.30. The van der Waals surface area contributed by atoms with Crippen LogP contribution in [0.4, 0.5) is 11.4 Å². The van der Waals surface area contributed by atoms with Gasteiger partial charge in [0.15, 0.2) is 0 Å². The molecule has 0 unspecified atom stereocenters. The molecule has 0 radical (unpaired) electrons. The molecule has 0 atom stereocenters. The first-order valence-electron chi connectivity index (χ1n) is 14.4. The van der Waals surface area contributed by atoms with Crippen LogP contribution in [-0.2, 0) is 10.8 Å². The summed E-state index contributed by atoms with van der Waals surface area (Å²) >= 11 is 0. The lowest BCUT2D eigenvalue weighted by Crippen LogP contribution is -2.16. The second kappa shape index (κ2) is 9.13. The van der Waals surface area contributed by atoms with Crippen molar-refractivity contribution >= 4 is 11.4 Å². The van der Waals surface area contributed by atoms with Gasteiger partial charge in [-0.1, -0.05) is 113 Å². The van der Waals surface area contributed by atoms with Crippen molar-refractivity contribution in [3.05, 3.63) is 143 Å². The number of benzene rings is 4. The fourth-order valence-electron chi connectivity index (χ4n) is 6.90. The van der Waals surface area contributed by atoms with Gasteiger partial charge in [-0.15, -0.1) is 0 Å². The quantitative estimate of drug-likeness (QED) is 0.262. The van der Waals surface area contributed by atoms with E-state index in [1.54, 1.807) is 0 Å². The molecule has 0 aliphatic heterocycles. The average Bonchev–Trinajstić information content (AvgIpc) is 3.32. The van der Waals surface area contributed by atoms with Gasteiger partial charge in [0.2, 0.25) is 0 Å². The molecule has 0 saturated carbocycles. The summed E-state index contributed by atoms with van der Waals surface area (Å²) in [5.74, 6) is 0. The second-order valence-electron chi connectivity index (χ2n) is 12.3. The highest BCUT2D eigenvalue weighted by Gasteiger charge is 2.36. The normalized spacial score (nSPS) is 20.8. The summed E-state index contributed by atoms with van der Waals surface area (Å²) in [6.45, 7) is 9.34. The molecule has 7 rings (SSSR count). The fraction of sp³-hybridized carbons (Fsp3) is 0.211. The lowest BCUT2D eigenvalue weighted by molar-refractivity contribution is 0.660. The summed E-state index contributed by atoms with van der Waals surface area (Å²) in [6, 6.07) is 31.3. The summed E-state index contributed by atoms with van der Waals surface area (Å²) in [5.41, 5.74) is 15.4. The van der Waals surface area contributed by atoms with Gasteiger partial charge in [-0.2, -0.15) is 0 Å². The van der Waals surface area contributed by atoms with Crippen molar-refractivity contribution < 1.29 is 0 Å². The Morgan fingerprint density at radius 2 is 0.875 bits per heavy atom. The van der Waals surface area contributed by atoms with Gasteiger partial charge in [-0.25, -0.2) is 0 Å². The summed E-state index contributed by atoms with van der Waals surface area (Å²) < 4.78 is 0. The minimum atomic E-state index is -0.0205. The first kappa shape index (κ1) is 24.7. The third kappa shape index (κ3) is 3.85. The van der Waals surface area contributed by atoms with Crippen molar-refractivity contribution in [2.75, 3.05) is 10.6 Å². The zero-order chi connectivity index (χ0) is 27.5. The van der Waals surface area contributed by atoms with Gasteiger partial charge in [0.05, 0.1) is 11.4 Å². The van der Waals surface area contributed by atoms with E-state index in [4.69, 9.17) is 0 Å². The zero-order valence-corrected chi connectivity index (χ0v) is 23.8. The molecule has 40 heavy (non-hydrogen) atoms. The molecule has 4 aromatic rings. The molecule has 0 spiro atoms. The van der Waals surface area contributed by atoms with Crippen LogP contribution in [0.1, 0.15) is 62.8 Å². The van der Waals surface area contributed by atoms with Gasteiger partial charge in [-0.05, 0) is 81.6 Å². The predicted molar refractivity (Wildman–Crippen MR) is 170 cm³/mol. The van der Waals surface area contributed by atoms with Gasteiger partial charge < -0.3 is 10.6 Å². The van der Waals surface area contributed by atoms with Crippen LogP contribution in [0.3, 0.4) is 0 Å². The van der Waals surface area contributed by atoms with Crippen LogP contribution in [0.2, 0.25) is 0 Å². The maximum absolute atomic E-state index is 3.79. The van der Waals surface area contributed by atoms with E-state index in [0.29, 0.717) is 0 Å². The van der Waals surface area contributed by atoms with Crippen LogP contribution in [0, 0.1) is 0 Å². The number of nitrogens with one attached hydrogen (secondary N) is 2. The molecule has 0 aromatic heterocycles. The SMILES string of the molecule is CC1(C)c2ccccc2-c2ccc(NC3=C/C/C=C\C/C=C\3Nc3ccc4c(c3)C(C)(C)c3ccccc3-4)cc21. The highest BCUT2D eigenvalue weighted by atomic mass is 15.0. The van der Waals surface area contributed by atoms with Crippen molar-refractivity contribution in [1.82, 2.24) is 0 Å². The minimum Gasteiger partial charge on any atom is -0.354 e. The summed E-state index contributed by atoms with van der Waals surface area (Å²) in [7, 11) is 0. The molecule has 2 nitrogen and oxygen atoms in total. The monoisotopic (exact) mass is 520 g/mol. The molecule has 4 aromatic carbocycles. The Balaban J connectivity index is 1.20. The van der Waals surface area contributed by atoms with Crippen LogP contribution in [0.5, 0.6) is 0 Å². The van der Waals surface area contributed by atoms with Crippen LogP contribution in [0.15, 0.2) is 121 Å². The lowest BCUT2D eigenvalue weighted by atomic mass is 9.82. The summed E-state index contributed by atoms with van der Waals surface area (Å²) in [4.78, 5) is 0. The molecule has 0 amide bonds. The lowest BCUT2D eigenvalue weighted by Gasteiger charge is -2.24. The number of anilines is 2. The van der Waals surface area contributed by atoms with Crippen molar-refractivity contribution in [2.45, 2.75) is 51.4 Å². The van der Waals surface area contributed by atoms with Crippen molar-refractivity contribution in [3.8, 4) is 22.3 Å². The van der Waals surface area contributed by atoms with E-state index in [0.717, 1.165) is 35.6 Å². The number of hydrogen-bond acceptors (Lipinski definition) is 2. The predicted octanol–water partition coefficient (Wildman–Crippen LogP) is 9.94. The first-order chi connectivity index (χ1) is 19.3. The van der Waals surface area contributed by atoms with Crippen molar-refractivity contribution in [1.29, 1.82) is 0 Å². The van der Waals surface area contributed by atoms with E-state index >= 15 is 0 Å². The Morgan fingerprint density at radius 3 is 1.32 bits per heavy atom. The summed E-state index contributed by atoms with van der Waals surface area (Å²) in [5, 5.41) is 7.58. The Bertz CT molecular complexity index is 1620. The third-order valence-corrected chi connectivity index (χ3v) is 9.10. The van der Waals surface area contributed by atoms with Crippen molar-refractivity contribution in [2.24, 2.45) is 0 Å². The molecular formula is C38H36N2. The van der Waals surface area contributed by atoms with Gasteiger partial charge in [0.25, 0.3) is 0 Å². The van der Waals surface area contributed by atoms with E-state index < -0.39 is 0 Å². The largest absolute Gasteiger partial charge is 0.354 e. The van der Waals surface area contributed by atoms with E-state index in [-0.39, 0.29) is 10.8 Å². The topological polar surface area (TPSA) is 24.1 Å². The standard InChI is InChI=1S/C38H36N2/c1-37(2)31-15-11-9-13-27(31)29-21-19-25(23-33(29)37)39-35-17-7-5-6-8-18-36(35)40-26-20-22-30-28-14-10-12-16-32(28)38(3,4)34(30)24-26/h5-6,9-24,39-40H,7-8H2,1-4H3/b6-5-,35-17+,36-18+. The number of allylic oxidation sites excluding steroid dienone is 4. The van der Waals surface area contributed by atoms with Gasteiger partial charge >= 0.3 is 0 Å². The number of hydrogen-bond donors (Lipinski definition) is 2. The first-order valence-corrected chi connectivity index (χ1v) is 14.4. The highest BCUT2D eigenvalue weighted by molar-refractivity contribution is 5.84. The highest BCUT2D eigenvalue weighted by Crippen LogP contribution is 2.50. The molecule has 0 saturated heterocycles. The van der Waals surface area contributed by atoms with Gasteiger partial charge in [0, 0.05) is 22.2 Å². The van der Waals surface area contributed by atoms with Crippen molar-refractivity contribution in [3.63, 3.8) is 0 Å². The third-order valence-electron chi connectivity index (χ3n) is 9.10. The molecule has 3 aliphatic carbocycles. The molecule has 2 heteroatoms. The molecule has 2 N–H and O–H groups in total. The number of fused-ring (bicyclic) bond motifs is 6. The van der Waals surface area contributed by atoms with Crippen LogP contribution >= 0.6 is 0 Å². The maximum atomic E-state index is 3.79. The minimum absolute atomic E-state index is 0.0205. The molecule has 0 bridgehead atoms. The zero-order valence-electron chi connectivity index (χ0n) is 23.8. The molecule has 0 heterocycles. The summed E-state index contributed by atoms with van der Waals surface area (Å²) in [6.07, 6.45) is 10.9. The van der Waals surface area contributed by atoms with Gasteiger partial charge in [0.1, 0.15) is 0 Å². The Morgan fingerprint density at radius 1 is 0.475 bits per heavy atom. The van der Waals surface area contributed by atoms with Crippen LogP contribution < -0.4 is 10.6 Å². The molecular weight excluding hydrogens is 484 g/mol. The smallest absolute Gasteiger partial charge is 0.0582 e. The van der Waals surface area contributed by atoms with Crippen LogP contribution in [-0.4, -0.2) is 0 Å². The van der Waals surface area contributed by atoms with E-state index in [2.05, 4.69) is 148 Å². The average molecular weight is 521 g/mol. The number of rotatable bonds is 4. The van der Waals surface area contributed by atoms with E-state index in [1.807, 2.05) is 0 Å². The van der Waals surface area contributed by atoms with E-state index in [9.17, 15) is 0 Å². The van der Waals surface area contributed by atoms with Gasteiger partial charge in [-0.3, -0.25) is 0 Å². The van der Waals surface area contributed by atoms with E-state index in [1.165, 1.54) is 44.5 Å². The molecule has 198 valence electrons. The van der Waals surface area contributed by atoms with Crippen LogP contribution in [0.25, 0.3) is 22.3 Å². The Kier molecular flexibility index (Phi) is 5.64. The molecule has 0 fully saturated rings. The second-order valence-corrected chi connectivity index (χ2v) is 12.3.